The molecule has 4 bridgehead atoms. The maximum absolute atomic E-state index is 12.7. The van der Waals surface area contributed by atoms with Crippen molar-refractivity contribution in [1.29, 1.82) is 0 Å². The van der Waals surface area contributed by atoms with Crippen LogP contribution < -0.4 is 10.6 Å². The highest BCUT2D eigenvalue weighted by molar-refractivity contribution is 9.10. The normalized spacial score (nSPS) is 35.3. The van der Waals surface area contributed by atoms with Crippen molar-refractivity contribution in [2.24, 2.45) is 17.3 Å². The van der Waals surface area contributed by atoms with Crippen molar-refractivity contribution in [1.82, 2.24) is 10.6 Å². The van der Waals surface area contributed by atoms with Crippen molar-refractivity contribution in [3.05, 3.63) is 0 Å². The molecule has 25 heavy (non-hydrogen) atoms. The van der Waals surface area contributed by atoms with Crippen LogP contribution >= 0.6 is 15.9 Å². The summed E-state index contributed by atoms with van der Waals surface area (Å²) >= 11 is 3.87. The Kier molecular flexibility index (Phi) is 5.42. The van der Waals surface area contributed by atoms with E-state index >= 15 is 0 Å². The Bertz CT molecular complexity index is 551. The highest BCUT2D eigenvalue weighted by Crippen LogP contribution is 2.64. The first kappa shape index (κ1) is 18.7. The van der Waals surface area contributed by atoms with Crippen LogP contribution in [0, 0.1) is 17.3 Å². The van der Waals surface area contributed by atoms with Crippen LogP contribution in [-0.4, -0.2) is 41.8 Å². The first-order valence-corrected chi connectivity index (χ1v) is 10.0. The zero-order valence-corrected chi connectivity index (χ0v) is 16.3. The van der Waals surface area contributed by atoms with E-state index in [-0.39, 0.29) is 29.4 Å². The maximum Gasteiger partial charge on any atom is 0.312 e. The number of halogens is 1. The van der Waals surface area contributed by atoms with Crippen LogP contribution in [0.15, 0.2) is 0 Å². The number of carbonyl (C=O) groups is 3. The van der Waals surface area contributed by atoms with Crippen LogP contribution in [0.25, 0.3) is 0 Å². The molecule has 0 aromatic carbocycles. The van der Waals surface area contributed by atoms with Crippen LogP contribution in [0.2, 0.25) is 0 Å². The number of carbonyl (C=O) groups excluding carboxylic acids is 3. The minimum atomic E-state index is -0.432. The van der Waals surface area contributed by atoms with Crippen LogP contribution in [0.1, 0.15) is 51.9 Å². The van der Waals surface area contributed by atoms with Crippen molar-refractivity contribution >= 4 is 33.7 Å². The largest absolute Gasteiger partial charge is 0.455 e. The number of ether oxygens (including phenoxy) is 1. The average molecular weight is 415 g/mol. The molecule has 0 aromatic heterocycles. The van der Waals surface area contributed by atoms with Gasteiger partial charge in [-0.05, 0) is 56.8 Å². The fourth-order valence-corrected chi connectivity index (χ4v) is 6.68. The Balaban J connectivity index is 1.46. The third-order valence-corrected chi connectivity index (χ3v) is 6.70. The van der Waals surface area contributed by atoms with Gasteiger partial charge in [-0.3, -0.25) is 14.4 Å². The Labute approximate surface area is 156 Å². The van der Waals surface area contributed by atoms with Gasteiger partial charge in [-0.2, -0.15) is 0 Å². The zero-order valence-electron chi connectivity index (χ0n) is 14.7. The molecule has 0 saturated heterocycles. The van der Waals surface area contributed by atoms with Gasteiger partial charge in [0, 0.05) is 10.9 Å². The van der Waals surface area contributed by atoms with Gasteiger partial charge in [0.2, 0.25) is 5.91 Å². The number of amides is 2. The lowest BCUT2D eigenvalue weighted by atomic mass is 9.49. The topological polar surface area (TPSA) is 84.5 Å². The highest BCUT2D eigenvalue weighted by atomic mass is 79.9. The molecule has 4 saturated carbocycles. The maximum atomic E-state index is 12.7. The van der Waals surface area contributed by atoms with E-state index in [1.165, 1.54) is 6.42 Å². The molecule has 0 spiro atoms. The van der Waals surface area contributed by atoms with E-state index in [0.717, 1.165) is 38.5 Å². The molecule has 7 heteroatoms. The summed E-state index contributed by atoms with van der Waals surface area (Å²) in [6, 6.07) is 0. The van der Waals surface area contributed by atoms with Crippen LogP contribution in [0.3, 0.4) is 0 Å². The third kappa shape index (κ3) is 4.18. The van der Waals surface area contributed by atoms with E-state index in [1.807, 2.05) is 6.92 Å². The first-order chi connectivity index (χ1) is 11.8. The zero-order chi connectivity index (χ0) is 18.1. The molecular formula is C18H27BrN2O4. The molecule has 2 N–H and O–H groups in total. The summed E-state index contributed by atoms with van der Waals surface area (Å²) in [5, 5.41) is 5.17. The molecule has 0 aromatic rings. The van der Waals surface area contributed by atoms with Crippen molar-refractivity contribution in [3.63, 3.8) is 0 Å². The lowest BCUT2D eigenvalue weighted by molar-refractivity contribution is -0.171. The van der Waals surface area contributed by atoms with Gasteiger partial charge in [0.15, 0.2) is 6.61 Å². The van der Waals surface area contributed by atoms with Gasteiger partial charge in [-0.15, -0.1) is 0 Å². The quantitative estimate of drug-likeness (QED) is 0.492. The molecule has 0 aliphatic heterocycles. The van der Waals surface area contributed by atoms with E-state index in [0.29, 0.717) is 18.4 Å². The monoisotopic (exact) mass is 414 g/mol. The summed E-state index contributed by atoms with van der Waals surface area (Å²) in [5.74, 6) is 0.270. The van der Waals surface area contributed by atoms with Gasteiger partial charge in [-0.1, -0.05) is 22.9 Å². The van der Waals surface area contributed by atoms with Gasteiger partial charge in [0.1, 0.15) is 0 Å². The molecule has 4 aliphatic rings. The molecule has 4 aliphatic carbocycles. The second-order valence-corrected chi connectivity index (χ2v) is 9.78. The van der Waals surface area contributed by atoms with Gasteiger partial charge in [0.25, 0.3) is 5.91 Å². The Hall–Kier alpha value is -1.11. The number of esters is 1. The number of rotatable bonds is 7. The second-order valence-electron chi connectivity index (χ2n) is 8.10. The van der Waals surface area contributed by atoms with E-state index in [2.05, 4.69) is 26.6 Å². The highest BCUT2D eigenvalue weighted by Gasteiger charge is 2.60. The first-order valence-electron chi connectivity index (χ1n) is 9.24. The van der Waals surface area contributed by atoms with E-state index in [9.17, 15) is 14.4 Å². The number of nitrogens with one attached hydrogen (secondary N) is 2. The molecule has 6 nitrogen and oxygen atoms in total. The van der Waals surface area contributed by atoms with Gasteiger partial charge in [0.05, 0.1) is 12.0 Å². The third-order valence-electron chi connectivity index (χ3n) is 5.78. The molecule has 0 radical (unpaired) electrons. The van der Waals surface area contributed by atoms with Gasteiger partial charge >= 0.3 is 5.97 Å². The minimum absolute atomic E-state index is 0.0791. The summed E-state index contributed by atoms with van der Waals surface area (Å²) in [6.07, 6.45) is 6.93. The Morgan fingerprint density at radius 1 is 1.08 bits per heavy atom. The number of hydrogen-bond donors (Lipinski definition) is 2. The standard InChI is InChI=1S/C18H27BrN2O4/c1-2-3-20-14(22)9-21-15(23)10-25-16(24)17-5-12-4-13(6-17)8-18(19,7-12)11-17/h12-13H,2-11H2,1H3,(H,20,22)(H,21,23)/t12-,13-,17?,18?/m0/s1. The van der Waals surface area contributed by atoms with E-state index < -0.39 is 11.3 Å². The molecule has 2 atom stereocenters. The van der Waals surface area contributed by atoms with Gasteiger partial charge < -0.3 is 15.4 Å². The fourth-order valence-electron chi connectivity index (χ4n) is 5.23. The molecule has 4 rings (SSSR count). The summed E-state index contributed by atoms with van der Waals surface area (Å²) in [6.45, 7) is 2.14. The second kappa shape index (κ2) is 7.25. The molecule has 4 fully saturated rings. The molecule has 0 heterocycles. The number of hydrogen-bond acceptors (Lipinski definition) is 4. The van der Waals surface area contributed by atoms with Crippen LogP contribution in [-0.2, 0) is 19.1 Å². The predicted molar refractivity (Wildman–Crippen MR) is 96.0 cm³/mol. The Morgan fingerprint density at radius 3 is 2.36 bits per heavy atom. The predicted octanol–water partition coefficient (Wildman–Crippen LogP) is 1.91. The lowest BCUT2D eigenvalue weighted by Gasteiger charge is -2.58. The van der Waals surface area contributed by atoms with E-state index in [4.69, 9.17) is 4.74 Å². The molecule has 2 amide bonds. The average Bonchev–Trinajstić information content (AvgIpc) is 2.53. The summed E-state index contributed by atoms with van der Waals surface area (Å²) < 4.78 is 5.42. The Morgan fingerprint density at radius 2 is 1.76 bits per heavy atom. The fraction of sp³-hybridized carbons (Fsp3) is 0.833. The van der Waals surface area contributed by atoms with Gasteiger partial charge in [-0.25, -0.2) is 0 Å². The lowest BCUT2D eigenvalue weighted by Crippen LogP contribution is -2.56. The molecule has 140 valence electrons. The van der Waals surface area contributed by atoms with Crippen molar-refractivity contribution in [3.8, 4) is 0 Å². The SMILES string of the molecule is CCCNC(=O)CNC(=O)COC(=O)C12C[C@@H]3C[C@H](CC(Br)(C3)C1)C2. The van der Waals surface area contributed by atoms with Crippen LogP contribution in [0.4, 0.5) is 0 Å². The molecule has 0 unspecified atom stereocenters. The smallest absolute Gasteiger partial charge is 0.312 e. The summed E-state index contributed by atoms with van der Waals surface area (Å²) in [7, 11) is 0. The van der Waals surface area contributed by atoms with E-state index in [1.54, 1.807) is 0 Å². The summed E-state index contributed by atoms with van der Waals surface area (Å²) in [4.78, 5) is 36.0. The van der Waals surface area contributed by atoms with Crippen molar-refractivity contribution in [2.45, 2.75) is 56.2 Å². The minimum Gasteiger partial charge on any atom is -0.455 e. The molecular weight excluding hydrogens is 388 g/mol. The van der Waals surface area contributed by atoms with Crippen molar-refractivity contribution < 1.29 is 19.1 Å². The number of alkyl halides is 1. The van der Waals surface area contributed by atoms with Crippen LogP contribution in [0.5, 0.6) is 0 Å². The van der Waals surface area contributed by atoms with Crippen molar-refractivity contribution in [2.75, 3.05) is 19.7 Å². The summed E-state index contributed by atoms with van der Waals surface area (Å²) in [5.41, 5.74) is -0.424.